The van der Waals surface area contributed by atoms with Gasteiger partial charge in [0.15, 0.2) is 0 Å². The lowest BCUT2D eigenvalue weighted by Gasteiger charge is -2.16. The predicted molar refractivity (Wildman–Crippen MR) is 128 cm³/mol. The van der Waals surface area contributed by atoms with Gasteiger partial charge in [-0.05, 0) is 82.8 Å². The van der Waals surface area contributed by atoms with Gasteiger partial charge in [0.2, 0.25) is 0 Å². The van der Waals surface area contributed by atoms with Crippen LogP contribution in [0.25, 0.3) is 6.08 Å². The molecule has 2 N–H and O–H groups in total. The zero-order valence-electron chi connectivity index (χ0n) is 16.9. The minimum Gasteiger partial charge on any atom is -0.374 e. The highest BCUT2D eigenvalue weighted by atomic mass is 127. The maximum Gasteiger partial charge on any atom is 0.262 e. The fraction of sp³-hybridized carbons (Fsp3) is 0.304. The molecule has 0 aliphatic rings. The number of nitrogens with zero attached hydrogens (tertiary/aromatic N) is 1. The first kappa shape index (κ1) is 22.1. The van der Waals surface area contributed by atoms with E-state index in [9.17, 15) is 4.79 Å². The van der Waals surface area contributed by atoms with E-state index in [0.29, 0.717) is 12.3 Å². The number of carbonyl (C=O) groups excluding carboxylic acids is 1. The van der Waals surface area contributed by atoms with Gasteiger partial charge < -0.3 is 5.32 Å². The van der Waals surface area contributed by atoms with Crippen LogP contribution in [0.5, 0.6) is 0 Å². The van der Waals surface area contributed by atoms with Crippen LogP contribution in [0.4, 0.5) is 5.69 Å². The lowest BCUT2D eigenvalue weighted by atomic mass is 10.0. The van der Waals surface area contributed by atoms with Gasteiger partial charge in [0.25, 0.3) is 5.91 Å². The fourth-order valence-electron chi connectivity index (χ4n) is 2.65. The minimum absolute atomic E-state index is 0.147. The molecule has 2 aromatic carbocycles. The van der Waals surface area contributed by atoms with Crippen molar-refractivity contribution in [2.45, 2.75) is 46.1 Å². The number of hydrogen-bond acceptors (Lipinski definition) is 3. The number of hydrazone groups is 1. The highest BCUT2D eigenvalue weighted by molar-refractivity contribution is 14.1. The van der Waals surface area contributed by atoms with Crippen LogP contribution in [0.15, 0.2) is 59.2 Å². The van der Waals surface area contributed by atoms with E-state index < -0.39 is 0 Å². The SMILES string of the molecule is CCC(Nc1ccc(I)cc1)C(=O)N/N=C/C(C)=C/c1ccc(C(C)C)cc1. The van der Waals surface area contributed by atoms with Gasteiger partial charge in [0.1, 0.15) is 6.04 Å². The molecule has 28 heavy (non-hydrogen) atoms. The molecular formula is C23H28IN3O. The quantitative estimate of drug-likeness (QED) is 0.279. The molecule has 0 saturated carbocycles. The van der Waals surface area contributed by atoms with E-state index in [1.807, 2.05) is 44.2 Å². The number of amides is 1. The summed E-state index contributed by atoms with van der Waals surface area (Å²) >= 11 is 2.26. The van der Waals surface area contributed by atoms with Crippen LogP contribution < -0.4 is 10.7 Å². The number of halogens is 1. The summed E-state index contributed by atoms with van der Waals surface area (Å²) in [6.07, 6.45) is 4.39. The summed E-state index contributed by atoms with van der Waals surface area (Å²) in [6, 6.07) is 16.1. The smallest absolute Gasteiger partial charge is 0.262 e. The number of rotatable bonds is 8. The topological polar surface area (TPSA) is 53.5 Å². The van der Waals surface area contributed by atoms with Crippen molar-refractivity contribution >= 4 is 46.5 Å². The van der Waals surface area contributed by atoms with Crippen LogP contribution in [0, 0.1) is 3.57 Å². The molecule has 1 amide bonds. The summed E-state index contributed by atoms with van der Waals surface area (Å²) in [5.74, 6) is 0.377. The third-order valence-electron chi connectivity index (χ3n) is 4.35. The molecule has 0 heterocycles. The van der Waals surface area contributed by atoms with Crippen molar-refractivity contribution in [3.63, 3.8) is 0 Å². The second kappa shape index (κ2) is 11.0. The summed E-state index contributed by atoms with van der Waals surface area (Å²) < 4.78 is 1.16. The molecule has 2 rings (SSSR count). The Morgan fingerprint density at radius 1 is 1.11 bits per heavy atom. The molecule has 1 atom stereocenters. The van der Waals surface area contributed by atoms with Crippen molar-refractivity contribution in [3.8, 4) is 0 Å². The first-order valence-electron chi connectivity index (χ1n) is 9.52. The number of allylic oxidation sites excluding steroid dienone is 1. The van der Waals surface area contributed by atoms with Gasteiger partial charge in [-0.2, -0.15) is 5.10 Å². The maximum atomic E-state index is 12.4. The van der Waals surface area contributed by atoms with Gasteiger partial charge in [0.05, 0.1) is 6.21 Å². The third kappa shape index (κ3) is 7.11. The summed E-state index contributed by atoms with van der Waals surface area (Å²) in [6.45, 7) is 8.30. The molecule has 0 aromatic heterocycles. The lowest BCUT2D eigenvalue weighted by Crippen LogP contribution is -2.36. The van der Waals surface area contributed by atoms with Gasteiger partial charge in [-0.15, -0.1) is 0 Å². The minimum atomic E-state index is -0.329. The first-order valence-corrected chi connectivity index (χ1v) is 10.6. The third-order valence-corrected chi connectivity index (χ3v) is 5.07. The standard InChI is InChI=1S/C23H28IN3O/c1-5-22(26-21-12-10-20(24)11-13-21)23(28)27-25-15-17(4)14-18-6-8-19(9-7-18)16(2)3/h6-16,22,26H,5H2,1-4H3,(H,27,28)/b17-14+,25-15+. The second-order valence-corrected chi connectivity index (χ2v) is 8.30. The Labute approximate surface area is 181 Å². The molecule has 1 unspecified atom stereocenters. The van der Waals surface area contributed by atoms with E-state index in [1.165, 1.54) is 5.56 Å². The number of benzene rings is 2. The van der Waals surface area contributed by atoms with Crippen molar-refractivity contribution in [2.24, 2.45) is 5.10 Å². The van der Waals surface area contributed by atoms with Crippen LogP contribution in [0.1, 0.15) is 51.2 Å². The second-order valence-electron chi connectivity index (χ2n) is 7.06. The normalized spacial score (nSPS) is 13.0. The Hall–Kier alpha value is -2.15. The molecule has 5 heteroatoms. The molecule has 2 aromatic rings. The van der Waals surface area contributed by atoms with E-state index in [-0.39, 0.29) is 11.9 Å². The van der Waals surface area contributed by atoms with Crippen molar-refractivity contribution in [2.75, 3.05) is 5.32 Å². The lowest BCUT2D eigenvalue weighted by molar-refractivity contribution is -0.121. The van der Waals surface area contributed by atoms with Crippen molar-refractivity contribution in [1.82, 2.24) is 5.43 Å². The largest absolute Gasteiger partial charge is 0.374 e. The Kier molecular flexibility index (Phi) is 8.70. The van der Waals surface area contributed by atoms with E-state index in [2.05, 4.69) is 76.5 Å². The number of anilines is 1. The summed E-state index contributed by atoms with van der Waals surface area (Å²) in [5.41, 5.74) is 6.96. The molecule has 148 valence electrons. The zero-order chi connectivity index (χ0) is 20.5. The molecule has 0 spiro atoms. The average molecular weight is 489 g/mol. The van der Waals surface area contributed by atoms with Gasteiger partial charge >= 0.3 is 0 Å². The molecule has 0 aliphatic carbocycles. The van der Waals surface area contributed by atoms with Crippen LogP contribution in [0.3, 0.4) is 0 Å². The monoisotopic (exact) mass is 489 g/mol. The van der Waals surface area contributed by atoms with Crippen LogP contribution >= 0.6 is 22.6 Å². The fourth-order valence-corrected chi connectivity index (χ4v) is 3.01. The molecule has 0 radical (unpaired) electrons. The Morgan fingerprint density at radius 3 is 2.32 bits per heavy atom. The molecule has 4 nitrogen and oxygen atoms in total. The highest BCUT2D eigenvalue weighted by Gasteiger charge is 2.15. The number of hydrogen-bond donors (Lipinski definition) is 2. The van der Waals surface area contributed by atoms with Crippen molar-refractivity contribution in [1.29, 1.82) is 0 Å². The Balaban J connectivity index is 1.91. The van der Waals surface area contributed by atoms with E-state index >= 15 is 0 Å². The van der Waals surface area contributed by atoms with E-state index in [1.54, 1.807) is 6.21 Å². The Bertz CT molecular complexity index is 824. The van der Waals surface area contributed by atoms with Gasteiger partial charge in [-0.3, -0.25) is 4.79 Å². The van der Waals surface area contributed by atoms with E-state index in [0.717, 1.165) is 20.4 Å². The number of carbonyl (C=O) groups is 1. The summed E-state index contributed by atoms with van der Waals surface area (Å²) in [7, 11) is 0. The summed E-state index contributed by atoms with van der Waals surface area (Å²) in [5, 5.41) is 7.35. The van der Waals surface area contributed by atoms with Crippen LogP contribution in [-0.4, -0.2) is 18.2 Å². The Morgan fingerprint density at radius 2 is 1.75 bits per heavy atom. The van der Waals surface area contributed by atoms with Crippen molar-refractivity contribution in [3.05, 3.63) is 68.8 Å². The highest BCUT2D eigenvalue weighted by Crippen LogP contribution is 2.16. The number of nitrogens with one attached hydrogen (secondary N) is 2. The first-order chi connectivity index (χ1) is 13.4. The molecule has 0 fully saturated rings. The van der Waals surface area contributed by atoms with E-state index in [4.69, 9.17) is 0 Å². The van der Waals surface area contributed by atoms with Gasteiger partial charge in [-0.1, -0.05) is 51.1 Å². The maximum absolute atomic E-state index is 12.4. The molecule has 0 bridgehead atoms. The molecule has 0 saturated heterocycles. The average Bonchev–Trinajstić information content (AvgIpc) is 2.67. The van der Waals surface area contributed by atoms with Crippen LogP contribution in [-0.2, 0) is 4.79 Å². The predicted octanol–water partition coefficient (Wildman–Crippen LogP) is 5.81. The zero-order valence-corrected chi connectivity index (χ0v) is 19.0. The van der Waals surface area contributed by atoms with Crippen molar-refractivity contribution < 1.29 is 4.79 Å². The molecule has 0 aliphatic heterocycles. The van der Waals surface area contributed by atoms with Crippen LogP contribution in [0.2, 0.25) is 0 Å². The molecular weight excluding hydrogens is 461 g/mol. The van der Waals surface area contributed by atoms with Gasteiger partial charge in [0, 0.05) is 9.26 Å². The van der Waals surface area contributed by atoms with Gasteiger partial charge in [-0.25, -0.2) is 5.43 Å². The summed E-state index contributed by atoms with van der Waals surface area (Å²) in [4.78, 5) is 12.4.